The minimum absolute atomic E-state index is 0.0765. The molecule has 1 amide bonds. The number of carbonyl (C=O) groups is 1. The standard InChI is InChI=1S/C6H8ClN3O2S/c1-3(2)12-10-4(11)5-8-9-6(7)13-5/h3H,1-2H3,(H,10,11). The minimum Gasteiger partial charge on any atom is -0.271 e. The van der Waals surface area contributed by atoms with Gasteiger partial charge in [0.05, 0.1) is 6.10 Å². The molecule has 0 spiro atoms. The Kier molecular flexibility index (Phi) is 3.58. The second kappa shape index (κ2) is 4.50. The van der Waals surface area contributed by atoms with Crippen LogP contribution in [-0.4, -0.2) is 22.2 Å². The zero-order valence-corrected chi connectivity index (χ0v) is 8.65. The molecular formula is C6H8ClN3O2S. The summed E-state index contributed by atoms with van der Waals surface area (Å²) in [5.74, 6) is -0.432. The molecule has 13 heavy (non-hydrogen) atoms. The van der Waals surface area contributed by atoms with Crippen LogP contribution in [0.4, 0.5) is 0 Å². The topological polar surface area (TPSA) is 64.1 Å². The molecule has 1 N–H and O–H groups in total. The number of hydroxylamine groups is 1. The highest BCUT2D eigenvalue weighted by molar-refractivity contribution is 7.17. The highest BCUT2D eigenvalue weighted by atomic mass is 35.5. The molecule has 0 saturated heterocycles. The van der Waals surface area contributed by atoms with Crippen molar-refractivity contribution in [3.63, 3.8) is 0 Å². The van der Waals surface area contributed by atoms with Gasteiger partial charge >= 0.3 is 5.91 Å². The van der Waals surface area contributed by atoms with Crippen LogP contribution in [0.1, 0.15) is 23.6 Å². The third-order valence-electron chi connectivity index (χ3n) is 0.982. The molecule has 1 aromatic heterocycles. The number of hydrogen-bond donors (Lipinski definition) is 1. The van der Waals surface area contributed by atoms with Crippen LogP contribution in [0.25, 0.3) is 0 Å². The number of carbonyl (C=O) groups excluding carboxylic acids is 1. The first-order valence-corrected chi connectivity index (χ1v) is 4.74. The van der Waals surface area contributed by atoms with Gasteiger partial charge in [0.25, 0.3) is 0 Å². The zero-order valence-electron chi connectivity index (χ0n) is 7.07. The van der Waals surface area contributed by atoms with E-state index in [0.717, 1.165) is 11.3 Å². The van der Waals surface area contributed by atoms with Gasteiger partial charge in [-0.2, -0.15) is 0 Å². The summed E-state index contributed by atoms with van der Waals surface area (Å²) in [6.07, 6.45) is -0.0765. The van der Waals surface area contributed by atoms with Crippen molar-refractivity contribution >= 4 is 28.8 Å². The van der Waals surface area contributed by atoms with Crippen LogP contribution in [0.2, 0.25) is 4.47 Å². The van der Waals surface area contributed by atoms with Gasteiger partial charge in [0, 0.05) is 0 Å². The summed E-state index contributed by atoms with van der Waals surface area (Å²) in [6, 6.07) is 0. The van der Waals surface area contributed by atoms with E-state index in [1.165, 1.54) is 0 Å². The van der Waals surface area contributed by atoms with Gasteiger partial charge in [-0.15, -0.1) is 10.2 Å². The van der Waals surface area contributed by atoms with Crippen LogP contribution in [0.3, 0.4) is 0 Å². The van der Waals surface area contributed by atoms with Crippen LogP contribution in [0.5, 0.6) is 0 Å². The fourth-order valence-corrected chi connectivity index (χ4v) is 1.23. The molecule has 0 bridgehead atoms. The van der Waals surface area contributed by atoms with Gasteiger partial charge in [0.15, 0.2) is 0 Å². The summed E-state index contributed by atoms with van der Waals surface area (Å²) in [4.78, 5) is 16.0. The van der Waals surface area contributed by atoms with E-state index in [1.54, 1.807) is 13.8 Å². The van der Waals surface area contributed by atoms with E-state index in [4.69, 9.17) is 16.4 Å². The number of rotatable bonds is 3. The molecule has 0 aliphatic carbocycles. The lowest BCUT2D eigenvalue weighted by Crippen LogP contribution is -2.26. The number of nitrogens with one attached hydrogen (secondary N) is 1. The Balaban J connectivity index is 2.49. The van der Waals surface area contributed by atoms with Gasteiger partial charge in [-0.25, -0.2) is 5.48 Å². The maximum atomic E-state index is 11.2. The first-order chi connectivity index (χ1) is 6.09. The van der Waals surface area contributed by atoms with Crippen LogP contribution < -0.4 is 5.48 Å². The molecule has 0 atom stereocenters. The highest BCUT2D eigenvalue weighted by Crippen LogP contribution is 2.14. The van der Waals surface area contributed by atoms with E-state index in [-0.39, 0.29) is 15.6 Å². The molecule has 1 heterocycles. The minimum atomic E-state index is -0.432. The van der Waals surface area contributed by atoms with Crippen molar-refractivity contribution in [3.05, 3.63) is 9.47 Å². The SMILES string of the molecule is CC(C)ONC(=O)c1nnc(Cl)s1. The fourth-order valence-electron chi connectivity index (χ4n) is 0.512. The van der Waals surface area contributed by atoms with E-state index in [1.807, 2.05) is 0 Å². The summed E-state index contributed by atoms with van der Waals surface area (Å²) in [5, 5.41) is 7.21. The van der Waals surface area contributed by atoms with E-state index in [2.05, 4.69) is 15.7 Å². The van der Waals surface area contributed by atoms with Crippen LogP contribution >= 0.6 is 22.9 Å². The second-order valence-electron chi connectivity index (χ2n) is 2.46. The van der Waals surface area contributed by atoms with E-state index >= 15 is 0 Å². The Morgan fingerprint density at radius 2 is 2.31 bits per heavy atom. The fraction of sp³-hybridized carbons (Fsp3) is 0.500. The monoisotopic (exact) mass is 221 g/mol. The Bertz CT molecular complexity index is 302. The largest absolute Gasteiger partial charge is 0.305 e. The normalized spacial score (nSPS) is 10.5. The number of amides is 1. The van der Waals surface area contributed by atoms with Gasteiger partial charge in [-0.3, -0.25) is 9.63 Å². The molecule has 0 aliphatic heterocycles. The van der Waals surface area contributed by atoms with Crippen molar-refractivity contribution in [1.82, 2.24) is 15.7 Å². The first kappa shape index (κ1) is 10.4. The number of nitrogens with zero attached hydrogens (tertiary/aromatic N) is 2. The third kappa shape index (κ3) is 3.25. The maximum Gasteiger partial charge on any atom is 0.305 e. The van der Waals surface area contributed by atoms with E-state index in [0.29, 0.717) is 0 Å². The average molecular weight is 222 g/mol. The van der Waals surface area contributed by atoms with Crippen molar-refractivity contribution in [3.8, 4) is 0 Å². The summed E-state index contributed by atoms with van der Waals surface area (Å²) in [5.41, 5.74) is 2.22. The lowest BCUT2D eigenvalue weighted by molar-refractivity contribution is 0.000129. The molecular weight excluding hydrogens is 214 g/mol. The van der Waals surface area contributed by atoms with Crippen LogP contribution in [-0.2, 0) is 4.84 Å². The Morgan fingerprint density at radius 3 is 2.77 bits per heavy atom. The molecule has 0 aromatic carbocycles. The molecule has 72 valence electrons. The summed E-state index contributed by atoms with van der Waals surface area (Å²) < 4.78 is 0.231. The van der Waals surface area contributed by atoms with Crippen molar-refractivity contribution < 1.29 is 9.63 Å². The van der Waals surface area contributed by atoms with E-state index in [9.17, 15) is 4.79 Å². The molecule has 0 saturated carbocycles. The van der Waals surface area contributed by atoms with Crippen molar-refractivity contribution in [2.75, 3.05) is 0 Å². The predicted octanol–water partition coefficient (Wildman–Crippen LogP) is 1.26. The van der Waals surface area contributed by atoms with Crippen molar-refractivity contribution in [2.24, 2.45) is 0 Å². The van der Waals surface area contributed by atoms with Gasteiger partial charge < -0.3 is 0 Å². The van der Waals surface area contributed by atoms with Gasteiger partial charge in [-0.05, 0) is 25.4 Å². The van der Waals surface area contributed by atoms with Crippen LogP contribution in [0.15, 0.2) is 0 Å². The zero-order chi connectivity index (χ0) is 9.84. The lowest BCUT2D eigenvalue weighted by atomic mass is 10.5. The summed E-state index contributed by atoms with van der Waals surface area (Å²) >= 11 is 6.49. The second-order valence-corrected chi connectivity index (χ2v) is 4.02. The van der Waals surface area contributed by atoms with E-state index < -0.39 is 5.91 Å². The molecule has 1 rings (SSSR count). The third-order valence-corrected chi connectivity index (χ3v) is 2.00. The molecule has 7 heteroatoms. The van der Waals surface area contributed by atoms with Crippen LogP contribution in [0, 0.1) is 0 Å². The Labute approximate surface area is 84.0 Å². The maximum absolute atomic E-state index is 11.2. The molecule has 0 aliphatic rings. The quantitative estimate of drug-likeness (QED) is 0.781. The number of hydrogen-bond acceptors (Lipinski definition) is 5. The predicted molar refractivity (Wildman–Crippen MR) is 48.6 cm³/mol. The summed E-state index contributed by atoms with van der Waals surface area (Å²) in [6.45, 7) is 3.60. The first-order valence-electron chi connectivity index (χ1n) is 3.54. The molecule has 0 radical (unpaired) electrons. The smallest absolute Gasteiger partial charge is 0.271 e. The Morgan fingerprint density at radius 1 is 1.62 bits per heavy atom. The summed E-state index contributed by atoms with van der Waals surface area (Å²) in [7, 11) is 0. The number of aromatic nitrogens is 2. The lowest BCUT2D eigenvalue weighted by Gasteiger charge is -2.05. The molecule has 0 unspecified atom stereocenters. The average Bonchev–Trinajstić information content (AvgIpc) is 2.47. The van der Waals surface area contributed by atoms with Gasteiger partial charge in [0.1, 0.15) is 0 Å². The van der Waals surface area contributed by atoms with Gasteiger partial charge in [0.2, 0.25) is 9.47 Å². The molecule has 0 fully saturated rings. The Hall–Kier alpha value is -0.720. The molecule has 5 nitrogen and oxygen atoms in total. The van der Waals surface area contributed by atoms with Crippen molar-refractivity contribution in [2.45, 2.75) is 20.0 Å². The highest BCUT2D eigenvalue weighted by Gasteiger charge is 2.11. The number of halogens is 1. The molecule has 1 aromatic rings. The van der Waals surface area contributed by atoms with Gasteiger partial charge in [-0.1, -0.05) is 11.3 Å². The van der Waals surface area contributed by atoms with Crippen molar-refractivity contribution in [1.29, 1.82) is 0 Å².